The molecule has 2 aliphatic heterocycles. The van der Waals surface area contributed by atoms with Gasteiger partial charge in [-0.3, -0.25) is 14.8 Å². The number of benzene rings is 1. The zero-order valence-electron chi connectivity index (χ0n) is 17.7. The normalized spacial score (nSPS) is 26.2. The summed E-state index contributed by atoms with van der Waals surface area (Å²) in [4.78, 5) is 9.12. The lowest BCUT2D eigenvalue weighted by Gasteiger charge is -2.38. The summed E-state index contributed by atoms with van der Waals surface area (Å²) in [6, 6.07) is 11.6. The average molecular weight is 422 g/mol. The van der Waals surface area contributed by atoms with E-state index in [1.165, 1.54) is 5.56 Å². The van der Waals surface area contributed by atoms with Gasteiger partial charge in [0.2, 0.25) is 0 Å². The lowest BCUT2D eigenvalue weighted by Crippen LogP contribution is -2.52. The van der Waals surface area contributed by atoms with E-state index < -0.39 is 9.84 Å². The number of guanidine groups is 1. The second kappa shape index (κ2) is 10.4. The average Bonchev–Trinajstić information content (AvgIpc) is 2.71. The summed E-state index contributed by atoms with van der Waals surface area (Å²) in [6.45, 7) is 7.25. The quantitative estimate of drug-likeness (QED) is 0.526. The number of piperidine rings is 1. The number of likely N-dealkylation sites (tertiary alicyclic amines) is 1. The zero-order valence-corrected chi connectivity index (χ0v) is 18.5. The van der Waals surface area contributed by atoms with Crippen LogP contribution in [0.1, 0.15) is 25.3 Å². The molecule has 3 rings (SSSR count). The van der Waals surface area contributed by atoms with Crippen LogP contribution in [0.15, 0.2) is 35.3 Å². The van der Waals surface area contributed by atoms with Crippen molar-refractivity contribution in [3.8, 4) is 0 Å². The van der Waals surface area contributed by atoms with E-state index in [1.807, 2.05) is 0 Å². The smallest absolute Gasteiger partial charge is 0.191 e. The van der Waals surface area contributed by atoms with Gasteiger partial charge in [-0.1, -0.05) is 30.3 Å². The van der Waals surface area contributed by atoms with Crippen molar-refractivity contribution in [2.24, 2.45) is 4.99 Å². The van der Waals surface area contributed by atoms with Gasteiger partial charge in [-0.25, -0.2) is 8.42 Å². The summed E-state index contributed by atoms with van der Waals surface area (Å²) in [5.74, 6) is 1.39. The van der Waals surface area contributed by atoms with Crippen LogP contribution in [0.5, 0.6) is 0 Å². The molecule has 1 aromatic carbocycles. The lowest BCUT2D eigenvalue weighted by atomic mass is 9.97. The summed E-state index contributed by atoms with van der Waals surface area (Å²) in [5, 5.41) is 6.95. The van der Waals surface area contributed by atoms with Crippen molar-refractivity contribution in [2.75, 3.05) is 51.3 Å². The number of rotatable bonds is 6. The number of sulfone groups is 1. The van der Waals surface area contributed by atoms with Crippen molar-refractivity contribution in [3.63, 3.8) is 0 Å². The van der Waals surface area contributed by atoms with Crippen molar-refractivity contribution in [1.82, 2.24) is 20.4 Å². The molecule has 7 nitrogen and oxygen atoms in total. The molecule has 8 heteroatoms. The van der Waals surface area contributed by atoms with Gasteiger partial charge in [-0.15, -0.1) is 0 Å². The van der Waals surface area contributed by atoms with Gasteiger partial charge in [0.15, 0.2) is 15.8 Å². The van der Waals surface area contributed by atoms with E-state index in [2.05, 4.69) is 62.7 Å². The second-order valence-electron chi connectivity index (χ2n) is 8.16. The molecule has 29 heavy (non-hydrogen) atoms. The van der Waals surface area contributed by atoms with Crippen LogP contribution in [0.3, 0.4) is 0 Å². The molecule has 2 aliphatic rings. The molecule has 0 bridgehead atoms. The highest BCUT2D eigenvalue weighted by atomic mass is 32.2. The zero-order chi connectivity index (χ0) is 20.7. The van der Waals surface area contributed by atoms with Crippen LogP contribution in [0.4, 0.5) is 0 Å². The van der Waals surface area contributed by atoms with Crippen LogP contribution >= 0.6 is 0 Å². The van der Waals surface area contributed by atoms with Crippen LogP contribution in [0, 0.1) is 0 Å². The predicted molar refractivity (Wildman–Crippen MR) is 119 cm³/mol. The Morgan fingerprint density at radius 3 is 2.55 bits per heavy atom. The number of hydrogen-bond acceptors (Lipinski definition) is 5. The van der Waals surface area contributed by atoms with Gasteiger partial charge in [-0.05, 0) is 25.3 Å². The first kappa shape index (κ1) is 22.1. The van der Waals surface area contributed by atoms with Gasteiger partial charge in [0.25, 0.3) is 0 Å². The molecule has 0 aromatic heterocycles. The molecule has 0 spiro atoms. The minimum atomic E-state index is -2.81. The Morgan fingerprint density at radius 1 is 1.17 bits per heavy atom. The highest BCUT2D eigenvalue weighted by Gasteiger charge is 2.26. The topological polar surface area (TPSA) is 77.0 Å². The number of hydrogen-bond donors (Lipinski definition) is 2. The van der Waals surface area contributed by atoms with Crippen molar-refractivity contribution >= 4 is 15.8 Å². The molecule has 0 amide bonds. The van der Waals surface area contributed by atoms with E-state index >= 15 is 0 Å². The van der Waals surface area contributed by atoms with Gasteiger partial charge < -0.3 is 10.6 Å². The fourth-order valence-electron chi connectivity index (χ4n) is 4.10. The third-order valence-corrected chi connectivity index (χ3v) is 7.57. The summed E-state index contributed by atoms with van der Waals surface area (Å²) < 4.78 is 23.0. The van der Waals surface area contributed by atoms with Crippen molar-refractivity contribution in [1.29, 1.82) is 0 Å². The van der Waals surface area contributed by atoms with Crippen molar-refractivity contribution < 1.29 is 8.42 Å². The Balaban J connectivity index is 1.38. The maximum Gasteiger partial charge on any atom is 0.191 e. The summed E-state index contributed by atoms with van der Waals surface area (Å²) in [6.07, 6.45) is 2.19. The highest BCUT2D eigenvalue weighted by Crippen LogP contribution is 2.19. The minimum absolute atomic E-state index is 0.277. The van der Waals surface area contributed by atoms with Crippen LogP contribution in [-0.4, -0.2) is 87.5 Å². The molecule has 2 unspecified atom stereocenters. The molecule has 162 valence electrons. The maximum atomic E-state index is 11.5. The summed E-state index contributed by atoms with van der Waals surface area (Å²) in [5.41, 5.74) is 1.37. The van der Waals surface area contributed by atoms with Crippen LogP contribution < -0.4 is 10.6 Å². The molecular weight excluding hydrogens is 386 g/mol. The Kier molecular flexibility index (Phi) is 7.91. The van der Waals surface area contributed by atoms with E-state index in [-0.39, 0.29) is 11.5 Å². The lowest BCUT2D eigenvalue weighted by molar-refractivity contribution is 0.134. The summed E-state index contributed by atoms with van der Waals surface area (Å²) >= 11 is 0. The van der Waals surface area contributed by atoms with Crippen molar-refractivity contribution in [2.45, 2.75) is 38.4 Å². The molecule has 2 saturated heterocycles. The molecule has 0 radical (unpaired) electrons. The maximum absolute atomic E-state index is 11.5. The fraction of sp³-hybridized carbons (Fsp3) is 0.667. The Labute approximate surface area is 175 Å². The molecular formula is C21H35N5O2S. The molecule has 0 saturated carbocycles. The highest BCUT2D eigenvalue weighted by molar-refractivity contribution is 7.91. The standard InChI is InChI=1S/C21H35N5O2S/c1-18-16-20(8-10-26(18)17-19-6-4-3-5-7-19)24-21(22-2)23-9-11-25-12-14-29(27,28)15-13-25/h3-7,18,20H,8-17H2,1-2H3,(H2,22,23,24). The van der Waals surface area contributed by atoms with E-state index in [0.717, 1.165) is 45.0 Å². The van der Waals surface area contributed by atoms with Gasteiger partial charge in [-0.2, -0.15) is 0 Å². The Hall–Kier alpha value is -1.64. The molecule has 2 N–H and O–H groups in total. The van der Waals surface area contributed by atoms with Gasteiger partial charge in [0.1, 0.15) is 0 Å². The van der Waals surface area contributed by atoms with E-state index in [0.29, 0.717) is 25.2 Å². The molecule has 1 aromatic rings. The number of aliphatic imine (C=N–C) groups is 1. The molecule has 2 heterocycles. The van der Waals surface area contributed by atoms with Crippen LogP contribution in [-0.2, 0) is 16.4 Å². The first-order chi connectivity index (χ1) is 13.9. The third kappa shape index (κ3) is 6.97. The van der Waals surface area contributed by atoms with E-state index in [9.17, 15) is 8.42 Å². The van der Waals surface area contributed by atoms with Crippen LogP contribution in [0.25, 0.3) is 0 Å². The van der Waals surface area contributed by atoms with E-state index in [4.69, 9.17) is 0 Å². The van der Waals surface area contributed by atoms with Crippen molar-refractivity contribution in [3.05, 3.63) is 35.9 Å². The Bertz CT molecular complexity index is 755. The minimum Gasteiger partial charge on any atom is -0.355 e. The molecule has 2 fully saturated rings. The number of nitrogens with zero attached hydrogens (tertiary/aromatic N) is 3. The monoisotopic (exact) mass is 421 g/mol. The van der Waals surface area contributed by atoms with E-state index in [1.54, 1.807) is 7.05 Å². The van der Waals surface area contributed by atoms with Gasteiger partial charge in [0.05, 0.1) is 11.5 Å². The largest absolute Gasteiger partial charge is 0.355 e. The SMILES string of the molecule is CN=C(NCCN1CCS(=O)(=O)CC1)NC1CCN(Cc2ccccc2)C(C)C1. The third-order valence-electron chi connectivity index (χ3n) is 5.96. The van der Waals surface area contributed by atoms with Gasteiger partial charge in [0, 0.05) is 58.4 Å². The summed E-state index contributed by atoms with van der Waals surface area (Å²) in [7, 11) is -1.01. The Morgan fingerprint density at radius 2 is 1.90 bits per heavy atom. The fourth-order valence-corrected chi connectivity index (χ4v) is 5.38. The molecule has 2 atom stereocenters. The first-order valence-electron chi connectivity index (χ1n) is 10.6. The molecule has 0 aliphatic carbocycles. The second-order valence-corrected chi connectivity index (χ2v) is 10.5. The first-order valence-corrected chi connectivity index (χ1v) is 12.5. The van der Waals surface area contributed by atoms with Crippen LogP contribution in [0.2, 0.25) is 0 Å². The number of nitrogens with one attached hydrogen (secondary N) is 2. The van der Waals surface area contributed by atoms with Gasteiger partial charge >= 0.3 is 0 Å². The predicted octanol–water partition coefficient (Wildman–Crippen LogP) is 0.935.